The van der Waals surface area contributed by atoms with Gasteiger partial charge < -0.3 is 15.2 Å². The Morgan fingerprint density at radius 2 is 1.90 bits per heavy atom. The summed E-state index contributed by atoms with van der Waals surface area (Å²) >= 11 is 2.12. The molecule has 0 fully saturated rings. The first kappa shape index (κ1) is 17.2. The minimum Gasteiger partial charge on any atom is -0.444 e. The van der Waals surface area contributed by atoms with Crippen molar-refractivity contribution in [3.8, 4) is 0 Å². The van der Waals surface area contributed by atoms with Crippen molar-refractivity contribution in [1.82, 2.24) is 5.32 Å². The number of halogens is 2. The molecule has 1 rings (SSSR count). The third kappa shape index (κ3) is 5.24. The summed E-state index contributed by atoms with van der Waals surface area (Å²) in [5.74, 6) is 0. The average Bonchev–Trinajstić information content (AvgIpc) is 2.35. The summed E-state index contributed by atoms with van der Waals surface area (Å²) in [4.78, 5) is 11.5. The quantitative estimate of drug-likeness (QED) is 0.771. The molecular formula is C14H19FINO3. The van der Waals surface area contributed by atoms with Gasteiger partial charge in [0.2, 0.25) is 0 Å². The molecule has 1 aromatic carbocycles. The third-order valence-corrected chi connectivity index (χ3v) is 3.25. The number of carbonyl (C=O) groups is 1. The number of ether oxygens (including phenoxy) is 1. The summed E-state index contributed by atoms with van der Waals surface area (Å²) < 4.78 is 19.2. The summed E-state index contributed by atoms with van der Waals surface area (Å²) in [6.45, 7) is 3.94. The van der Waals surface area contributed by atoms with Gasteiger partial charge in [-0.05, 0) is 61.1 Å². The van der Waals surface area contributed by atoms with Crippen molar-refractivity contribution in [3.63, 3.8) is 0 Å². The number of alkyl carbamates (subject to hydrolysis) is 1. The molecular weight excluding hydrogens is 376 g/mol. The first-order valence-corrected chi connectivity index (χ1v) is 7.25. The second-order valence-corrected chi connectivity index (χ2v) is 6.77. The third-order valence-electron chi connectivity index (χ3n) is 2.53. The van der Waals surface area contributed by atoms with Crippen molar-refractivity contribution >= 4 is 28.7 Å². The number of hydrogen-bond donors (Lipinski definition) is 2. The van der Waals surface area contributed by atoms with Crippen molar-refractivity contribution in [3.05, 3.63) is 33.4 Å². The van der Waals surface area contributed by atoms with Crippen molar-refractivity contribution < 1.29 is 19.0 Å². The van der Waals surface area contributed by atoms with E-state index in [-0.39, 0.29) is 6.54 Å². The minimum absolute atomic E-state index is 0.251. The number of amides is 1. The Labute approximate surface area is 131 Å². The molecule has 0 aliphatic carbocycles. The molecule has 0 saturated carbocycles. The number of benzene rings is 1. The molecule has 4 nitrogen and oxygen atoms in total. The largest absolute Gasteiger partial charge is 0.444 e. The van der Waals surface area contributed by atoms with Crippen molar-refractivity contribution in [1.29, 1.82) is 0 Å². The lowest BCUT2D eigenvalue weighted by atomic mass is 9.95. The molecule has 1 unspecified atom stereocenters. The van der Waals surface area contributed by atoms with Gasteiger partial charge in [-0.1, -0.05) is 12.1 Å². The summed E-state index contributed by atoms with van der Waals surface area (Å²) in [7, 11) is 0. The van der Waals surface area contributed by atoms with E-state index in [1.807, 2.05) is 0 Å². The Morgan fingerprint density at radius 1 is 1.35 bits per heavy atom. The van der Waals surface area contributed by atoms with Crippen LogP contribution in [0.15, 0.2) is 24.3 Å². The van der Waals surface area contributed by atoms with E-state index < -0.39 is 24.0 Å². The van der Waals surface area contributed by atoms with E-state index in [0.717, 1.165) is 3.57 Å². The SMILES string of the molecule is CC(C)(C)OC(=O)NCC(O)(CF)c1ccc(I)cc1. The predicted octanol–water partition coefficient (Wildman–Crippen LogP) is 2.97. The van der Waals surface area contributed by atoms with Gasteiger partial charge in [0.05, 0.1) is 6.54 Å². The smallest absolute Gasteiger partial charge is 0.407 e. The van der Waals surface area contributed by atoms with E-state index in [1.54, 1.807) is 45.0 Å². The number of carbonyl (C=O) groups excluding carboxylic acids is 1. The zero-order valence-electron chi connectivity index (χ0n) is 11.7. The van der Waals surface area contributed by atoms with Crippen molar-refractivity contribution in [2.75, 3.05) is 13.2 Å². The summed E-state index contributed by atoms with van der Waals surface area (Å²) in [5.41, 5.74) is -1.97. The number of rotatable bonds is 4. The van der Waals surface area contributed by atoms with Crippen LogP contribution in [0.2, 0.25) is 0 Å². The highest BCUT2D eigenvalue weighted by atomic mass is 127. The monoisotopic (exact) mass is 395 g/mol. The Kier molecular flexibility index (Phi) is 5.76. The molecule has 0 radical (unpaired) electrons. The van der Waals surface area contributed by atoms with Crippen molar-refractivity contribution in [2.24, 2.45) is 0 Å². The van der Waals surface area contributed by atoms with Gasteiger partial charge in [-0.2, -0.15) is 0 Å². The molecule has 0 spiro atoms. The standard InChI is InChI=1S/C14H19FINO3/c1-13(2,3)20-12(18)17-9-14(19,8-15)10-4-6-11(16)7-5-10/h4-7,19H,8-9H2,1-3H3,(H,17,18). The van der Waals surface area contributed by atoms with E-state index >= 15 is 0 Å². The zero-order chi connectivity index (χ0) is 15.4. The molecule has 0 saturated heterocycles. The van der Waals surface area contributed by atoms with Crippen LogP contribution in [0.3, 0.4) is 0 Å². The van der Waals surface area contributed by atoms with E-state index in [9.17, 15) is 14.3 Å². The first-order valence-electron chi connectivity index (χ1n) is 6.17. The van der Waals surface area contributed by atoms with Crippen LogP contribution in [0.1, 0.15) is 26.3 Å². The van der Waals surface area contributed by atoms with Gasteiger partial charge in [-0.3, -0.25) is 0 Å². The number of alkyl halides is 1. The van der Waals surface area contributed by atoms with Gasteiger partial charge >= 0.3 is 6.09 Å². The van der Waals surface area contributed by atoms with Crippen LogP contribution in [0.4, 0.5) is 9.18 Å². The molecule has 2 N–H and O–H groups in total. The number of nitrogens with one attached hydrogen (secondary N) is 1. The molecule has 1 amide bonds. The van der Waals surface area contributed by atoms with Crippen molar-refractivity contribution in [2.45, 2.75) is 32.0 Å². The molecule has 20 heavy (non-hydrogen) atoms. The lowest BCUT2D eigenvalue weighted by Gasteiger charge is -2.27. The van der Waals surface area contributed by atoms with Crippen LogP contribution in [0.25, 0.3) is 0 Å². The Hall–Kier alpha value is -0.890. The summed E-state index contributed by atoms with van der Waals surface area (Å²) in [5, 5.41) is 12.7. The minimum atomic E-state index is -1.75. The summed E-state index contributed by atoms with van der Waals surface area (Å²) in [6, 6.07) is 6.81. The highest BCUT2D eigenvalue weighted by Crippen LogP contribution is 2.22. The molecule has 0 heterocycles. The maximum atomic E-state index is 13.2. The van der Waals surface area contributed by atoms with Gasteiger partial charge in [0.1, 0.15) is 17.9 Å². The first-order chi connectivity index (χ1) is 9.16. The second kappa shape index (κ2) is 6.71. The fourth-order valence-electron chi connectivity index (χ4n) is 1.52. The van der Waals surface area contributed by atoms with E-state index in [1.165, 1.54) is 0 Å². The van der Waals surface area contributed by atoms with Crippen LogP contribution in [-0.2, 0) is 10.3 Å². The molecule has 1 aromatic rings. The second-order valence-electron chi connectivity index (χ2n) is 5.53. The maximum Gasteiger partial charge on any atom is 0.407 e. The normalized spacial score (nSPS) is 14.5. The van der Waals surface area contributed by atoms with Gasteiger partial charge in [0.15, 0.2) is 0 Å². The Balaban J connectivity index is 2.71. The maximum absolute atomic E-state index is 13.2. The summed E-state index contributed by atoms with van der Waals surface area (Å²) in [6.07, 6.45) is -0.685. The molecule has 0 aliphatic heterocycles. The lowest BCUT2D eigenvalue weighted by molar-refractivity contribution is 0.00409. The lowest BCUT2D eigenvalue weighted by Crippen LogP contribution is -2.44. The van der Waals surface area contributed by atoms with Gasteiger partial charge in [0, 0.05) is 3.57 Å². The molecule has 0 aromatic heterocycles. The predicted molar refractivity (Wildman–Crippen MR) is 83.3 cm³/mol. The molecule has 6 heteroatoms. The highest BCUT2D eigenvalue weighted by Gasteiger charge is 2.30. The van der Waals surface area contributed by atoms with Gasteiger partial charge in [-0.15, -0.1) is 0 Å². The Morgan fingerprint density at radius 3 is 2.35 bits per heavy atom. The van der Waals surface area contributed by atoms with Crippen LogP contribution in [-0.4, -0.2) is 30.0 Å². The van der Waals surface area contributed by atoms with Crippen LogP contribution in [0.5, 0.6) is 0 Å². The van der Waals surface area contributed by atoms with E-state index in [4.69, 9.17) is 4.74 Å². The zero-order valence-corrected chi connectivity index (χ0v) is 13.9. The van der Waals surface area contributed by atoms with Crippen LogP contribution >= 0.6 is 22.6 Å². The highest BCUT2D eigenvalue weighted by molar-refractivity contribution is 14.1. The topological polar surface area (TPSA) is 58.6 Å². The molecule has 1 atom stereocenters. The number of hydrogen-bond acceptors (Lipinski definition) is 3. The fraction of sp³-hybridized carbons (Fsp3) is 0.500. The average molecular weight is 395 g/mol. The van der Waals surface area contributed by atoms with E-state index in [2.05, 4.69) is 27.9 Å². The molecule has 0 aliphatic rings. The fourth-order valence-corrected chi connectivity index (χ4v) is 1.88. The van der Waals surface area contributed by atoms with Gasteiger partial charge in [0.25, 0.3) is 0 Å². The van der Waals surface area contributed by atoms with Crippen LogP contribution < -0.4 is 5.32 Å². The molecule has 0 bridgehead atoms. The van der Waals surface area contributed by atoms with E-state index in [0.29, 0.717) is 5.56 Å². The number of aliphatic hydroxyl groups is 1. The Bertz CT molecular complexity index is 458. The molecule has 112 valence electrons. The van der Waals surface area contributed by atoms with Gasteiger partial charge in [-0.25, -0.2) is 9.18 Å². The van der Waals surface area contributed by atoms with Crippen LogP contribution in [0, 0.1) is 3.57 Å².